The number of aromatic nitrogens is 5. The van der Waals surface area contributed by atoms with Gasteiger partial charge in [-0.05, 0) is 97.5 Å². The third kappa shape index (κ3) is 5.14. The number of aromatic amines is 1. The Morgan fingerprint density at radius 3 is 2.53 bits per heavy atom. The Bertz CT molecular complexity index is 1610. The summed E-state index contributed by atoms with van der Waals surface area (Å²) in [7, 11) is 0. The highest BCUT2D eigenvalue weighted by Gasteiger charge is 2.34. The molecular formula is C29H31ClN6O2. The lowest BCUT2D eigenvalue weighted by Gasteiger charge is -2.32. The average Bonchev–Trinajstić information content (AvgIpc) is 3.56. The first-order chi connectivity index (χ1) is 18.1. The molecule has 0 fully saturated rings. The van der Waals surface area contributed by atoms with E-state index in [0.29, 0.717) is 29.5 Å². The first-order valence-corrected chi connectivity index (χ1v) is 12.9. The predicted octanol–water partition coefficient (Wildman–Crippen LogP) is 5.92. The summed E-state index contributed by atoms with van der Waals surface area (Å²) in [5.41, 5.74) is 4.01. The fraction of sp³-hybridized carbons (Fsp3) is 0.310. The third-order valence-corrected chi connectivity index (χ3v) is 7.10. The molecular weight excluding hydrogens is 500 g/mol. The van der Waals surface area contributed by atoms with Crippen molar-refractivity contribution in [2.75, 3.05) is 0 Å². The molecule has 3 aromatic heterocycles. The Kier molecular flexibility index (Phi) is 6.94. The molecule has 0 saturated carbocycles. The molecule has 8 nitrogen and oxygen atoms in total. The van der Waals surface area contributed by atoms with E-state index < -0.39 is 11.6 Å². The summed E-state index contributed by atoms with van der Waals surface area (Å²) >= 11 is 6.17. The highest BCUT2D eigenvalue weighted by molar-refractivity contribution is 6.30. The lowest BCUT2D eigenvalue weighted by Crippen LogP contribution is -2.37. The molecule has 5 rings (SSSR count). The quantitative estimate of drug-likeness (QED) is 0.280. The molecule has 1 atom stereocenters. The minimum absolute atomic E-state index is 0.180. The van der Waals surface area contributed by atoms with Gasteiger partial charge < -0.3 is 9.40 Å². The lowest BCUT2D eigenvalue weighted by molar-refractivity contribution is 0.171. The van der Waals surface area contributed by atoms with Crippen LogP contribution in [-0.4, -0.2) is 30.1 Å². The first-order valence-electron chi connectivity index (χ1n) is 12.5. The number of rotatable bonds is 7. The summed E-state index contributed by atoms with van der Waals surface area (Å²) in [6.45, 7) is 11.1. The van der Waals surface area contributed by atoms with Crippen LogP contribution in [0.2, 0.25) is 5.02 Å². The zero-order valence-electron chi connectivity index (χ0n) is 22.2. The van der Waals surface area contributed by atoms with E-state index in [9.17, 15) is 4.79 Å². The van der Waals surface area contributed by atoms with Gasteiger partial charge in [0.05, 0.1) is 23.9 Å². The van der Waals surface area contributed by atoms with Crippen molar-refractivity contribution in [3.8, 4) is 0 Å². The normalized spacial score (nSPS) is 12.9. The Labute approximate surface area is 226 Å². The SMILES string of the molecule is Cc1ccc2cc(C(c3nnnn3C(C)(C)C)N(Cc3ccc(Cl)cc3)Cc3ccco3)c(=O)[nH]c2c1C. The van der Waals surface area contributed by atoms with Gasteiger partial charge in [0.15, 0.2) is 5.82 Å². The van der Waals surface area contributed by atoms with Gasteiger partial charge in [-0.2, -0.15) is 0 Å². The van der Waals surface area contributed by atoms with Crippen LogP contribution in [0, 0.1) is 13.8 Å². The van der Waals surface area contributed by atoms with Gasteiger partial charge in [-0.1, -0.05) is 35.9 Å². The van der Waals surface area contributed by atoms with Gasteiger partial charge in [0.25, 0.3) is 5.56 Å². The number of aryl methyl sites for hydroxylation is 2. The molecule has 5 aromatic rings. The Morgan fingerprint density at radius 1 is 1.08 bits per heavy atom. The fourth-order valence-electron chi connectivity index (χ4n) is 4.75. The van der Waals surface area contributed by atoms with Crippen molar-refractivity contribution < 1.29 is 4.42 Å². The molecule has 38 heavy (non-hydrogen) atoms. The van der Waals surface area contributed by atoms with Crippen LogP contribution in [0.1, 0.15) is 60.7 Å². The van der Waals surface area contributed by atoms with Gasteiger partial charge in [-0.25, -0.2) is 4.68 Å². The number of furan rings is 1. The number of halogens is 1. The van der Waals surface area contributed by atoms with E-state index in [2.05, 4.69) is 31.5 Å². The van der Waals surface area contributed by atoms with Gasteiger partial charge in [-0.15, -0.1) is 5.10 Å². The second-order valence-corrected chi connectivity index (χ2v) is 11.1. The van der Waals surface area contributed by atoms with Crippen molar-refractivity contribution >= 4 is 22.5 Å². The van der Waals surface area contributed by atoms with Crippen LogP contribution < -0.4 is 5.56 Å². The molecule has 0 aliphatic carbocycles. The molecule has 9 heteroatoms. The highest BCUT2D eigenvalue weighted by atomic mass is 35.5. The number of nitrogens with one attached hydrogen (secondary N) is 1. The molecule has 0 saturated heterocycles. The minimum Gasteiger partial charge on any atom is -0.468 e. The summed E-state index contributed by atoms with van der Waals surface area (Å²) in [6, 6.07) is 17.0. The Balaban J connectivity index is 1.73. The van der Waals surface area contributed by atoms with E-state index in [4.69, 9.17) is 16.0 Å². The standard InChI is InChI=1S/C29H31ClN6O2/c1-18-8-11-21-15-24(28(37)31-25(21)19(18)2)26(27-32-33-34-36(27)29(3,4)5)35(17-23-7-6-14-38-23)16-20-9-12-22(30)13-10-20/h6-15,26H,16-17H2,1-5H3,(H,31,37). The number of H-pyrrole nitrogens is 1. The fourth-order valence-corrected chi connectivity index (χ4v) is 4.88. The molecule has 1 unspecified atom stereocenters. The van der Waals surface area contributed by atoms with Crippen molar-refractivity contribution in [2.45, 2.75) is 59.3 Å². The summed E-state index contributed by atoms with van der Waals surface area (Å²) in [6.07, 6.45) is 1.65. The first kappa shape index (κ1) is 25.9. The summed E-state index contributed by atoms with van der Waals surface area (Å²) in [5.74, 6) is 1.34. The van der Waals surface area contributed by atoms with E-state index in [-0.39, 0.29) is 5.56 Å². The van der Waals surface area contributed by atoms with Crippen LogP contribution in [-0.2, 0) is 18.6 Å². The summed E-state index contributed by atoms with van der Waals surface area (Å²) < 4.78 is 7.53. The maximum atomic E-state index is 13.8. The lowest BCUT2D eigenvalue weighted by atomic mass is 9.99. The summed E-state index contributed by atoms with van der Waals surface area (Å²) in [4.78, 5) is 19.1. The monoisotopic (exact) mass is 530 g/mol. The van der Waals surface area contributed by atoms with Crippen LogP contribution in [0.5, 0.6) is 0 Å². The van der Waals surface area contributed by atoms with Crippen molar-refractivity contribution in [3.63, 3.8) is 0 Å². The maximum Gasteiger partial charge on any atom is 0.253 e. The van der Waals surface area contributed by atoms with E-state index in [0.717, 1.165) is 33.4 Å². The van der Waals surface area contributed by atoms with Crippen LogP contribution in [0.4, 0.5) is 0 Å². The number of hydrogen-bond donors (Lipinski definition) is 1. The zero-order chi connectivity index (χ0) is 27.0. The van der Waals surface area contributed by atoms with Gasteiger partial charge in [0, 0.05) is 17.1 Å². The number of pyridine rings is 1. The van der Waals surface area contributed by atoms with Crippen molar-refractivity contribution in [1.29, 1.82) is 0 Å². The minimum atomic E-state index is -0.570. The van der Waals surface area contributed by atoms with E-state index in [1.54, 1.807) is 10.9 Å². The summed E-state index contributed by atoms with van der Waals surface area (Å²) in [5, 5.41) is 14.4. The van der Waals surface area contributed by atoms with Crippen molar-refractivity contribution in [2.24, 2.45) is 0 Å². The molecule has 0 spiro atoms. The molecule has 2 aromatic carbocycles. The molecule has 3 heterocycles. The average molecular weight is 531 g/mol. The van der Waals surface area contributed by atoms with E-state index in [1.807, 2.05) is 83.1 Å². The smallest absolute Gasteiger partial charge is 0.253 e. The van der Waals surface area contributed by atoms with Gasteiger partial charge in [0.1, 0.15) is 11.8 Å². The maximum absolute atomic E-state index is 13.8. The number of benzene rings is 2. The van der Waals surface area contributed by atoms with E-state index in [1.165, 1.54) is 0 Å². The molecule has 1 N–H and O–H groups in total. The van der Waals surface area contributed by atoms with Crippen molar-refractivity contribution in [1.82, 2.24) is 30.1 Å². The van der Waals surface area contributed by atoms with Crippen LogP contribution >= 0.6 is 11.6 Å². The van der Waals surface area contributed by atoms with Crippen LogP contribution in [0.15, 0.2) is 70.1 Å². The zero-order valence-corrected chi connectivity index (χ0v) is 23.0. The number of hydrogen-bond acceptors (Lipinski definition) is 6. The molecule has 0 aliphatic heterocycles. The van der Waals surface area contributed by atoms with Crippen LogP contribution in [0.25, 0.3) is 10.9 Å². The van der Waals surface area contributed by atoms with E-state index >= 15 is 0 Å². The Morgan fingerprint density at radius 2 is 1.84 bits per heavy atom. The highest BCUT2D eigenvalue weighted by Crippen LogP contribution is 2.32. The largest absolute Gasteiger partial charge is 0.468 e. The molecule has 0 aliphatic rings. The second-order valence-electron chi connectivity index (χ2n) is 10.7. The van der Waals surface area contributed by atoms with Gasteiger partial charge >= 0.3 is 0 Å². The Hall–Kier alpha value is -3.75. The molecule has 0 bridgehead atoms. The number of tetrazole rings is 1. The number of fused-ring (bicyclic) bond motifs is 1. The van der Waals surface area contributed by atoms with Gasteiger partial charge in [0.2, 0.25) is 0 Å². The van der Waals surface area contributed by atoms with Crippen molar-refractivity contribution in [3.05, 3.63) is 110 Å². The molecule has 196 valence electrons. The van der Waals surface area contributed by atoms with Crippen LogP contribution in [0.3, 0.4) is 0 Å². The second kappa shape index (κ2) is 10.2. The third-order valence-electron chi connectivity index (χ3n) is 6.85. The number of nitrogens with zero attached hydrogens (tertiary/aromatic N) is 5. The van der Waals surface area contributed by atoms with Gasteiger partial charge in [-0.3, -0.25) is 9.69 Å². The molecule has 0 amide bonds. The topological polar surface area (TPSA) is 92.8 Å². The predicted molar refractivity (Wildman–Crippen MR) is 148 cm³/mol. The molecule has 0 radical (unpaired) electrons.